The average Bonchev–Trinajstić information content (AvgIpc) is 2.28. The topological polar surface area (TPSA) is 67.2 Å². The van der Waals surface area contributed by atoms with E-state index in [0.717, 1.165) is 5.75 Å². The number of para-hydroxylation sites is 1. The molecule has 4 nitrogen and oxygen atoms in total. The van der Waals surface area contributed by atoms with Gasteiger partial charge in [-0.15, -0.1) is 0 Å². The van der Waals surface area contributed by atoms with Gasteiger partial charge in [0.2, 0.25) is 0 Å². The maximum absolute atomic E-state index is 13.4. The molecule has 17 heavy (non-hydrogen) atoms. The molecule has 0 radical (unpaired) electrons. The molecule has 1 aromatic carbocycles. The van der Waals surface area contributed by atoms with Gasteiger partial charge in [0.25, 0.3) is 5.91 Å². The molecule has 1 atom stereocenters. The van der Waals surface area contributed by atoms with E-state index in [1.807, 2.05) is 13.2 Å². The van der Waals surface area contributed by atoms with Crippen LogP contribution < -0.4 is 16.6 Å². The second kappa shape index (κ2) is 6.46. The van der Waals surface area contributed by atoms with Gasteiger partial charge in [0, 0.05) is 11.8 Å². The van der Waals surface area contributed by atoms with Crippen LogP contribution in [0.15, 0.2) is 18.2 Å². The fraction of sp³-hybridized carbons (Fsp3) is 0.364. The van der Waals surface area contributed by atoms with Crippen LogP contribution in [0.5, 0.6) is 0 Å². The summed E-state index contributed by atoms with van der Waals surface area (Å²) in [5.41, 5.74) is 2.43. The lowest BCUT2D eigenvalue weighted by Crippen LogP contribution is -2.35. The van der Waals surface area contributed by atoms with Crippen LogP contribution in [0.1, 0.15) is 17.3 Å². The zero-order chi connectivity index (χ0) is 12.8. The number of hydrazine groups is 1. The standard InChI is InChI=1S/C11H16FN3OS/c1-7(6-17-2)14-11(16)8-4-3-5-9(12)10(8)15-13/h3-5,7,15H,6,13H2,1-2H3,(H,14,16). The lowest BCUT2D eigenvalue weighted by molar-refractivity contribution is 0.0944. The highest BCUT2D eigenvalue weighted by Gasteiger charge is 2.15. The van der Waals surface area contributed by atoms with Crippen LogP contribution in [-0.4, -0.2) is 24.0 Å². The fourth-order valence-corrected chi connectivity index (χ4v) is 2.04. The number of hydrogen-bond donors (Lipinski definition) is 3. The molecule has 0 bridgehead atoms. The molecule has 0 aliphatic carbocycles. The van der Waals surface area contributed by atoms with Gasteiger partial charge in [-0.1, -0.05) is 6.07 Å². The number of anilines is 1. The SMILES string of the molecule is CSCC(C)NC(=O)c1cccc(F)c1NN. The molecule has 1 amide bonds. The molecule has 4 N–H and O–H groups in total. The number of nitrogens with one attached hydrogen (secondary N) is 2. The number of hydrogen-bond acceptors (Lipinski definition) is 4. The van der Waals surface area contributed by atoms with Gasteiger partial charge in [-0.3, -0.25) is 10.6 Å². The lowest BCUT2D eigenvalue weighted by atomic mass is 10.1. The van der Waals surface area contributed by atoms with Gasteiger partial charge in [0.05, 0.1) is 11.3 Å². The predicted molar refractivity (Wildman–Crippen MR) is 69.5 cm³/mol. The molecule has 0 aliphatic heterocycles. The van der Waals surface area contributed by atoms with Crippen molar-refractivity contribution in [1.29, 1.82) is 0 Å². The van der Waals surface area contributed by atoms with Crippen molar-refractivity contribution in [2.45, 2.75) is 13.0 Å². The second-order valence-electron chi connectivity index (χ2n) is 3.64. The first-order chi connectivity index (χ1) is 8.10. The Kier molecular flexibility index (Phi) is 5.24. The number of rotatable bonds is 5. The van der Waals surface area contributed by atoms with Crippen molar-refractivity contribution in [3.8, 4) is 0 Å². The molecule has 0 spiro atoms. The number of thioether (sulfide) groups is 1. The fourth-order valence-electron chi connectivity index (χ4n) is 1.45. The van der Waals surface area contributed by atoms with E-state index in [1.54, 1.807) is 11.8 Å². The minimum Gasteiger partial charge on any atom is -0.349 e. The first kappa shape index (κ1) is 13.8. The molecule has 1 unspecified atom stereocenters. The minimum absolute atomic E-state index is 0.0151. The number of nitrogen functional groups attached to an aromatic ring is 1. The van der Waals surface area contributed by atoms with Crippen LogP contribution in [0.4, 0.5) is 10.1 Å². The average molecular weight is 257 g/mol. The van der Waals surface area contributed by atoms with E-state index >= 15 is 0 Å². The van der Waals surface area contributed by atoms with E-state index in [2.05, 4.69) is 10.7 Å². The summed E-state index contributed by atoms with van der Waals surface area (Å²) in [6.45, 7) is 1.89. The summed E-state index contributed by atoms with van der Waals surface area (Å²) >= 11 is 1.63. The summed E-state index contributed by atoms with van der Waals surface area (Å²) in [6, 6.07) is 4.27. The van der Waals surface area contributed by atoms with Gasteiger partial charge in [0.1, 0.15) is 5.82 Å². The van der Waals surface area contributed by atoms with Gasteiger partial charge in [-0.2, -0.15) is 11.8 Å². The zero-order valence-electron chi connectivity index (χ0n) is 9.79. The highest BCUT2D eigenvalue weighted by atomic mass is 32.2. The van der Waals surface area contributed by atoms with E-state index < -0.39 is 5.82 Å². The van der Waals surface area contributed by atoms with Gasteiger partial charge in [0.15, 0.2) is 0 Å². The quantitative estimate of drug-likeness (QED) is 0.553. The summed E-state index contributed by atoms with van der Waals surface area (Å²) in [5, 5.41) is 2.78. The zero-order valence-corrected chi connectivity index (χ0v) is 10.6. The maximum atomic E-state index is 13.4. The van der Waals surface area contributed by atoms with Crippen molar-refractivity contribution in [3.05, 3.63) is 29.6 Å². The number of halogens is 1. The first-order valence-corrected chi connectivity index (χ1v) is 6.54. The highest BCUT2D eigenvalue weighted by molar-refractivity contribution is 7.98. The molecule has 0 saturated heterocycles. The van der Waals surface area contributed by atoms with E-state index in [1.165, 1.54) is 18.2 Å². The Morgan fingerprint density at radius 3 is 2.88 bits per heavy atom. The molecule has 6 heteroatoms. The minimum atomic E-state index is -0.544. The third kappa shape index (κ3) is 3.61. The van der Waals surface area contributed by atoms with Gasteiger partial charge in [-0.25, -0.2) is 4.39 Å². The van der Waals surface area contributed by atoms with Crippen molar-refractivity contribution < 1.29 is 9.18 Å². The normalized spacial score (nSPS) is 12.0. The molecule has 0 aliphatic rings. The molecular formula is C11H16FN3OS. The van der Waals surface area contributed by atoms with Gasteiger partial charge in [-0.05, 0) is 25.3 Å². The molecule has 0 aromatic heterocycles. The first-order valence-electron chi connectivity index (χ1n) is 5.15. The number of carbonyl (C=O) groups is 1. The van der Waals surface area contributed by atoms with E-state index in [9.17, 15) is 9.18 Å². The summed E-state index contributed by atoms with van der Waals surface area (Å²) in [4.78, 5) is 11.9. The predicted octanol–water partition coefficient (Wildman–Crippen LogP) is 1.59. The lowest BCUT2D eigenvalue weighted by Gasteiger charge is -2.14. The highest BCUT2D eigenvalue weighted by Crippen LogP contribution is 2.18. The summed E-state index contributed by atoms with van der Waals surface area (Å²) < 4.78 is 13.4. The molecule has 0 heterocycles. The second-order valence-corrected chi connectivity index (χ2v) is 4.55. The third-order valence-electron chi connectivity index (χ3n) is 2.20. The Morgan fingerprint density at radius 2 is 2.29 bits per heavy atom. The Hall–Kier alpha value is -1.27. The van der Waals surface area contributed by atoms with Crippen LogP contribution in [0.3, 0.4) is 0 Å². The summed E-state index contributed by atoms with van der Waals surface area (Å²) in [7, 11) is 0. The molecule has 1 rings (SSSR count). The molecule has 0 saturated carbocycles. The van der Waals surface area contributed by atoms with Crippen molar-refractivity contribution in [1.82, 2.24) is 5.32 Å². The smallest absolute Gasteiger partial charge is 0.253 e. The van der Waals surface area contributed by atoms with Crippen LogP contribution in [0, 0.1) is 5.82 Å². The Bertz CT molecular complexity index is 400. The number of nitrogens with two attached hydrogens (primary N) is 1. The maximum Gasteiger partial charge on any atom is 0.253 e. The van der Waals surface area contributed by atoms with Crippen LogP contribution in [-0.2, 0) is 0 Å². The van der Waals surface area contributed by atoms with E-state index in [4.69, 9.17) is 5.84 Å². The van der Waals surface area contributed by atoms with Crippen LogP contribution in [0.2, 0.25) is 0 Å². The van der Waals surface area contributed by atoms with E-state index in [-0.39, 0.29) is 23.2 Å². The van der Waals surface area contributed by atoms with Gasteiger partial charge < -0.3 is 10.7 Å². The molecular weight excluding hydrogens is 241 g/mol. The molecule has 0 fully saturated rings. The molecule has 94 valence electrons. The van der Waals surface area contributed by atoms with Crippen LogP contribution >= 0.6 is 11.8 Å². The number of amides is 1. The monoisotopic (exact) mass is 257 g/mol. The summed E-state index contributed by atoms with van der Waals surface area (Å²) in [6.07, 6.45) is 1.96. The van der Waals surface area contributed by atoms with Crippen LogP contribution in [0.25, 0.3) is 0 Å². The van der Waals surface area contributed by atoms with Crippen molar-refractivity contribution in [2.75, 3.05) is 17.4 Å². The van der Waals surface area contributed by atoms with Crippen molar-refractivity contribution in [2.24, 2.45) is 5.84 Å². The van der Waals surface area contributed by atoms with Crippen molar-refractivity contribution >= 4 is 23.4 Å². The molecule has 1 aromatic rings. The number of benzene rings is 1. The Balaban J connectivity index is 2.85. The summed E-state index contributed by atoms with van der Waals surface area (Å²) in [5.74, 6) is 5.12. The van der Waals surface area contributed by atoms with E-state index in [0.29, 0.717) is 0 Å². The third-order valence-corrected chi connectivity index (χ3v) is 3.03. The van der Waals surface area contributed by atoms with Crippen molar-refractivity contribution in [3.63, 3.8) is 0 Å². The Morgan fingerprint density at radius 1 is 1.59 bits per heavy atom. The van der Waals surface area contributed by atoms with Gasteiger partial charge >= 0.3 is 0 Å². The largest absolute Gasteiger partial charge is 0.349 e. The Labute approximate surface area is 104 Å². The number of carbonyl (C=O) groups excluding carboxylic acids is 1.